The summed E-state index contributed by atoms with van der Waals surface area (Å²) < 4.78 is 5.44. The van der Waals surface area contributed by atoms with Gasteiger partial charge in [0.05, 0.1) is 18.3 Å². The molecule has 17 heavy (non-hydrogen) atoms. The maximum Gasteiger partial charge on any atom is 0.151 e. The van der Waals surface area contributed by atoms with Crippen LogP contribution in [-0.2, 0) is 4.74 Å². The molecule has 3 N–H and O–H groups in total. The number of rotatable bonds is 6. The van der Waals surface area contributed by atoms with Crippen LogP contribution in [0.1, 0.15) is 20.8 Å². The second kappa shape index (κ2) is 6.67. The van der Waals surface area contributed by atoms with E-state index in [1.165, 1.54) is 0 Å². The lowest BCUT2D eigenvalue weighted by Crippen LogP contribution is -2.31. The van der Waals surface area contributed by atoms with E-state index in [2.05, 4.69) is 24.1 Å². The van der Waals surface area contributed by atoms with Gasteiger partial charge in [-0.05, 0) is 25.0 Å². The molecule has 0 spiro atoms. The fourth-order valence-electron chi connectivity index (χ4n) is 1.38. The average molecular weight is 258 g/mol. The van der Waals surface area contributed by atoms with Crippen LogP contribution in [0.25, 0.3) is 0 Å². The van der Waals surface area contributed by atoms with Crippen molar-refractivity contribution < 1.29 is 4.74 Å². The third-order valence-corrected chi connectivity index (χ3v) is 2.73. The maximum absolute atomic E-state index is 5.85. The van der Waals surface area contributed by atoms with E-state index in [1.54, 1.807) is 12.1 Å². The van der Waals surface area contributed by atoms with Crippen molar-refractivity contribution in [3.8, 4) is 0 Å². The maximum atomic E-state index is 5.85. The summed E-state index contributed by atoms with van der Waals surface area (Å²) in [5, 5.41) is 3.71. The largest absolute Gasteiger partial charge is 0.396 e. The van der Waals surface area contributed by atoms with Gasteiger partial charge in [0.25, 0.3) is 0 Å². The van der Waals surface area contributed by atoms with Crippen molar-refractivity contribution in [2.75, 3.05) is 24.3 Å². The molecule has 0 bridgehead atoms. The minimum atomic E-state index is 0.170. The molecule has 1 rings (SSSR count). The fourth-order valence-corrected chi connectivity index (χ4v) is 1.53. The molecule has 1 unspecified atom stereocenters. The molecule has 5 heteroatoms. The van der Waals surface area contributed by atoms with Crippen LogP contribution in [0.5, 0.6) is 0 Å². The molecule has 1 aromatic rings. The number of pyridine rings is 1. The molecular weight excluding hydrogens is 238 g/mol. The van der Waals surface area contributed by atoms with Crippen molar-refractivity contribution >= 4 is 23.1 Å². The number of nitrogens with two attached hydrogens (primary N) is 1. The predicted octanol–water partition coefficient (Wildman–Crippen LogP) is 2.79. The summed E-state index contributed by atoms with van der Waals surface area (Å²) in [6.07, 6.45) is 0. The highest BCUT2D eigenvalue weighted by molar-refractivity contribution is 6.29. The van der Waals surface area contributed by atoms with E-state index < -0.39 is 0 Å². The molecule has 96 valence electrons. The lowest BCUT2D eigenvalue weighted by Gasteiger charge is -2.23. The number of ether oxygens (including phenoxy) is 1. The normalized spacial score (nSPS) is 12.8. The molecule has 1 atom stereocenters. The Morgan fingerprint density at radius 3 is 2.76 bits per heavy atom. The zero-order chi connectivity index (χ0) is 12.8. The summed E-state index contributed by atoms with van der Waals surface area (Å²) in [7, 11) is 0. The Kier molecular flexibility index (Phi) is 5.51. The van der Waals surface area contributed by atoms with Crippen LogP contribution in [-0.4, -0.2) is 24.2 Å². The Hall–Kier alpha value is -1.00. The van der Waals surface area contributed by atoms with Gasteiger partial charge in [0, 0.05) is 6.61 Å². The highest BCUT2D eigenvalue weighted by Crippen LogP contribution is 2.20. The number of hydrogen-bond acceptors (Lipinski definition) is 4. The first-order valence-electron chi connectivity index (χ1n) is 5.80. The highest BCUT2D eigenvalue weighted by atomic mass is 35.5. The Bertz CT molecular complexity index is 358. The summed E-state index contributed by atoms with van der Waals surface area (Å²) >= 11 is 5.85. The lowest BCUT2D eigenvalue weighted by molar-refractivity contribution is 0.126. The molecule has 0 fully saturated rings. The van der Waals surface area contributed by atoms with Gasteiger partial charge in [0.15, 0.2) is 5.82 Å². The van der Waals surface area contributed by atoms with E-state index in [4.69, 9.17) is 22.1 Å². The van der Waals surface area contributed by atoms with Crippen molar-refractivity contribution in [1.82, 2.24) is 4.98 Å². The van der Waals surface area contributed by atoms with E-state index in [0.29, 0.717) is 35.8 Å². The Morgan fingerprint density at radius 2 is 2.18 bits per heavy atom. The molecule has 1 heterocycles. The summed E-state index contributed by atoms with van der Waals surface area (Å²) in [5.74, 6) is 1.04. The SMILES string of the molecule is CCOCC(Nc1nc(Cl)ccc1N)C(C)C. The first kappa shape index (κ1) is 14.1. The number of halogens is 1. The number of nitrogen functional groups attached to an aromatic ring is 1. The molecule has 0 aliphatic carbocycles. The van der Waals surface area contributed by atoms with E-state index in [9.17, 15) is 0 Å². The second-order valence-electron chi connectivity index (χ2n) is 4.23. The molecule has 0 aliphatic heterocycles. The highest BCUT2D eigenvalue weighted by Gasteiger charge is 2.15. The first-order chi connectivity index (χ1) is 8.04. The van der Waals surface area contributed by atoms with Gasteiger partial charge < -0.3 is 15.8 Å². The van der Waals surface area contributed by atoms with Crippen LogP contribution in [0, 0.1) is 5.92 Å². The molecule has 1 aromatic heterocycles. The van der Waals surface area contributed by atoms with E-state index in [-0.39, 0.29) is 6.04 Å². The molecule has 0 saturated carbocycles. The topological polar surface area (TPSA) is 60.2 Å². The van der Waals surface area contributed by atoms with Gasteiger partial charge >= 0.3 is 0 Å². The molecule has 4 nitrogen and oxygen atoms in total. The van der Waals surface area contributed by atoms with E-state index in [0.717, 1.165) is 0 Å². The monoisotopic (exact) mass is 257 g/mol. The fraction of sp³-hybridized carbons (Fsp3) is 0.583. The third kappa shape index (κ3) is 4.40. The van der Waals surface area contributed by atoms with Crippen molar-refractivity contribution in [2.45, 2.75) is 26.8 Å². The van der Waals surface area contributed by atoms with E-state index >= 15 is 0 Å². The quantitative estimate of drug-likeness (QED) is 0.770. The zero-order valence-corrected chi connectivity index (χ0v) is 11.3. The first-order valence-corrected chi connectivity index (χ1v) is 6.18. The zero-order valence-electron chi connectivity index (χ0n) is 10.5. The molecule has 0 radical (unpaired) electrons. The van der Waals surface area contributed by atoms with Crippen molar-refractivity contribution in [3.63, 3.8) is 0 Å². The molecule has 0 aromatic carbocycles. The Labute approximate surface area is 108 Å². The number of anilines is 2. The van der Waals surface area contributed by atoms with Crippen molar-refractivity contribution in [1.29, 1.82) is 0 Å². The van der Waals surface area contributed by atoms with Gasteiger partial charge in [-0.2, -0.15) is 0 Å². The minimum absolute atomic E-state index is 0.170. The van der Waals surface area contributed by atoms with Crippen LogP contribution in [0.2, 0.25) is 5.15 Å². The van der Waals surface area contributed by atoms with Crippen molar-refractivity contribution in [3.05, 3.63) is 17.3 Å². The molecular formula is C12H20ClN3O. The number of hydrogen-bond donors (Lipinski definition) is 2. The summed E-state index contributed by atoms with van der Waals surface area (Å²) in [6.45, 7) is 7.55. The van der Waals surface area contributed by atoms with Crippen molar-refractivity contribution in [2.24, 2.45) is 5.92 Å². The van der Waals surface area contributed by atoms with Crippen LogP contribution in [0.4, 0.5) is 11.5 Å². The molecule has 0 aliphatic rings. The van der Waals surface area contributed by atoms with Gasteiger partial charge in [0.2, 0.25) is 0 Å². The predicted molar refractivity (Wildman–Crippen MR) is 72.4 cm³/mol. The van der Waals surface area contributed by atoms with Gasteiger partial charge in [-0.1, -0.05) is 25.4 Å². The molecule has 0 saturated heterocycles. The van der Waals surface area contributed by atoms with Crippen LogP contribution < -0.4 is 11.1 Å². The average Bonchev–Trinajstić information content (AvgIpc) is 2.28. The van der Waals surface area contributed by atoms with Gasteiger partial charge in [-0.15, -0.1) is 0 Å². The molecule has 0 amide bonds. The lowest BCUT2D eigenvalue weighted by atomic mass is 10.1. The van der Waals surface area contributed by atoms with Gasteiger partial charge in [0.1, 0.15) is 5.15 Å². The van der Waals surface area contributed by atoms with Gasteiger partial charge in [-0.25, -0.2) is 4.98 Å². The minimum Gasteiger partial charge on any atom is -0.396 e. The summed E-state index contributed by atoms with van der Waals surface area (Å²) in [5.41, 5.74) is 6.44. The number of aromatic nitrogens is 1. The Balaban J connectivity index is 2.74. The summed E-state index contributed by atoms with van der Waals surface area (Å²) in [6, 6.07) is 3.59. The second-order valence-corrected chi connectivity index (χ2v) is 4.61. The van der Waals surface area contributed by atoms with E-state index in [1.807, 2.05) is 6.92 Å². The third-order valence-electron chi connectivity index (χ3n) is 2.52. The summed E-state index contributed by atoms with van der Waals surface area (Å²) in [4.78, 5) is 4.18. The number of nitrogens with one attached hydrogen (secondary N) is 1. The van der Waals surface area contributed by atoms with Crippen LogP contribution in [0.3, 0.4) is 0 Å². The smallest absolute Gasteiger partial charge is 0.151 e. The Morgan fingerprint density at radius 1 is 1.47 bits per heavy atom. The van der Waals surface area contributed by atoms with Gasteiger partial charge in [-0.3, -0.25) is 0 Å². The van der Waals surface area contributed by atoms with Crippen LogP contribution >= 0.6 is 11.6 Å². The number of nitrogens with zero attached hydrogens (tertiary/aromatic N) is 1. The van der Waals surface area contributed by atoms with Crippen LogP contribution in [0.15, 0.2) is 12.1 Å². The standard InChI is InChI=1S/C12H20ClN3O/c1-4-17-7-10(8(2)3)15-12-9(14)5-6-11(13)16-12/h5-6,8,10H,4,7,14H2,1-3H3,(H,15,16).